The maximum atomic E-state index is 10.6. The molecule has 1 aliphatic rings. The lowest BCUT2D eigenvalue weighted by molar-refractivity contribution is 0.108. The molecule has 0 spiro atoms. The molecule has 1 saturated heterocycles. The Labute approximate surface area is 72.4 Å². The van der Waals surface area contributed by atoms with E-state index < -0.39 is 6.09 Å². The first-order valence-corrected chi connectivity index (χ1v) is 4.03. The Morgan fingerprint density at radius 2 is 2.42 bits per heavy atom. The Morgan fingerprint density at radius 3 is 2.92 bits per heavy atom. The van der Waals surface area contributed by atoms with Crippen LogP contribution < -0.4 is 0 Å². The number of hydrogen-bond acceptors (Lipinski definition) is 1. The van der Waals surface area contributed by atoms with Crippen molar-refractivity contribution >= 4 is 6.09 Å². The molecule has 1 N–H and O–H groups in total. The van der Waals surface area contributed by atoms with E-state index in [1.165, 1.54) is 4.90 Å². The molecule has 1 heterocycles. The molecule has 1 unspecified atom stereocenters. The number of rotatable bonds is 0. The molecule has 3 heteroatoms. The summed E-state index contributed by atoms with van der Waals surface area (Å²) in [7, 11) is 0. The van der Waals surface area contributed by atoms with Crippen LogP contribution >= 0.6 is 0 Å². The standard InChI is InChI=1S/C9H13NO2/c1-3-9(2)5-4-6-10(7-9)8(11)12/h1H,4-7H2,2H3,(H,11,12). The molecule has 1 fully saturated rings. The lowest BCUT2D eigenvalue weighted by Gasteiger charge is -2.35. The minimum absolute atomic E-state index is 0.253. The van der Waals surface area contributed by atoms with Crippen LogP contribution in [-0.4, -0.2) is 29.2 Å². The first-order valence-electron chi connectivity index (χ1n) is 4.03. The first-order chi connectivity index (χ1) is 5.57. The number of carbonyl (C=O) groups is 1. The van der Waals surface area contributed by atoms with E-state index in [1.807, 2.05) is 6.92 Å². The van der Waals surface area contributed by atoms with Gasteiger partial charge in [0.2, 0.25) is 0 Å². The Bertz CT molecular complexity index is 231. The van der Waals surface area contributed by atoms with E-state index in [2.05, 4.69) is 5.92 Å². The quantitative estimate of drug-likeness (QED) is 0.554. The highest BCUT2D eigenvalue weighted by molar-refractivity contribution is 5.65. The second-order valence-corrected chi connectivity index (χ2v) is 3.51. The molecule has 0 aromatic carbocycles. The highest BCUT2D eigenvalue weighted by Gasteiger charge is 2.31. The predicted octanol–water partition coefficient (Wildman–Crippen LogP) is 1.40. The van der Waals surface area contributed by atoms with E-state index in [0.29, 0.717) is 13.1 Å². The summed E-state index contributed by atoms with van der Waals surface area (Å²) in [6.07, 6.45) is 6.26. The van der Waals surface area contributed by atoms with Crippen molar-refractivity contribution in [1.82, 2.24) is 4.90 Å². The molecular weight excluding hydrogens is 154 g/mol. The van der Waals surface area contributed by atoms with Gasteiger partial charge < -0.3 is 10.0 Å². The van der Waals surface area contributed by atoms with E-state index in [0.717, 1.165) is 12.8 Å². The van der Waals surface area contributed by atoms with E-state index in [1.54, 1.807) is 0 Å². The van der Waals surface area contributed by atoms with Gasteiger partial charge >= 0.3 is 6.09 Å². The minimum atomic E-state index is -0.865. The highest BCUT2D eigenvalue weighted by Crippen LogP contribution is 2.28. The Hall–Kier alpha value is -1.17. The van der Waals surface area contributed by atoms with Gasteiger partial charge in [0.15, 0.2) is 0 Å². The summed E-state index contributed by atoms with van der Waals surface area (Å²) in [5.41, 5.74) is -0.253. The van der Waals surface area contributed by atoms with Gasteiger partial charge in [-0.2, -0.15) is 0 Å². The zero-order valence-corrected chi connectivity index (χ0v) is 7.21. The van der Waals surface area contributed by atoms with Crippen molar-refractivity contribution in [3.05, 3.63) is 0 Å². The normalized spacial score (nSPS) is 29.5. The number of hydrogen-bond donors (Lipinski definition) is 1. The zero-order chi connectivity index (χ0) is 9.19. The lowest BCUT2D eigenvalue weighted by Crippen LogP contribution is -2.43. The third kappa shape index (κ3) is 1.70. The van der Waals surface area contributed by atoms with Crippen LogP contribution in [0.2, 0.25) is 0 Å². The molecule has 12 heavy (non-hydrogen) atoms. The largest absolute Gasteiger partial charge is 0.465 e. The average Bonchev–Trinajstić information content (AvgIpc) is 2.05. The van der Waals surface area contributed by atoms with Gasteiger partial charge in [-0.3, -0.25) is 0 Å². The summed E-state index contributed by atoms with van der Waals surface area (Å²) in [6, 6.07) is 0. The fourth-order valence-corrected chi connectivity index (χ4v) is 1.52. The monoisotopic (exact) mass is 167 g/mol. The summed E-state index contributed by atoms with van der Waals surface area (Å²) in [5.74, 6) is 2.66. The molecule has 66 valence electrons. The van der Waals surface area contributed by atoms with E-state index in [4.69, 9.17) is 11.5 Å². The van der Waals surface area contributed by atoms with Crippen LogP contribution in [0.1, 0.15) is 19.8 Å². The number of carboxylic acid groups (broad SMARTS) is 1. The summed E-state index contributed by atoms with van der Waals surface area (Å²) < 4.78 is 0. The van der Waals surface area contributed by atoms with Gasteiger partial charge in [-0.25, -0.2) is 4.79 Å². The van der Waals surface area contributed by atoms with Gasteiger partial charge in [0.1, 0.15) is 0 Å². The number of amides is 1. The fourth-order valence-electron chi connectivity index (χ4n) is 1.52. The van der Waals surface area contributed by atoms with Gasteiger partial charge in [0.25, 0.3) is 0 Å². The van der Waals surface area contributed by atoms with Gasteiger partial charge in [-0.1, -0.05) is 5.92 Å². The van der Waals surface area contributed by atoms with Gasteiger partial charge in [0, 0.05) is 18.5 Å². The minimum Gasteiger partial charge on any atom is -0.465 e. The zero-order valence-electron chi connectivity index (χ0n) is 7.21. The van der Waals surface area contributed by atoms with Crippen molar-refractivity contribution in [3.63, 3.8) is 0 Å². The van der Waals surface area contributed by atoms with Crippen molar-refractivity contribution in [1.29, 1.82) is 0 Å². The van der Waals surface area contributed by atoms with Gasteiger partial charge in [-0.05, 0) is 19.8 Å². The van der Waals surface area contributed by atoms with Crippen molar-refractivity contribution in [2.24, 2.45) is 5.41 Å². The number of terminal acetylenes is 1. The van der Waals surface area contributed by atoms with Crippen molar-refractivity contribution in [3.8, 4) is 12.3 Å². The molecule has 0 radical (unpaired) electrons. The molecule has 0 aromatic heterocycles. The molecule has 3 nitrogen and oxygen atoms in total. The van der Waals surface area contributed by atoms with Crippen LogP contribution in [0.4, 0.5) is 4.79 Å². The molecule has 1 amide bonds. The Morgan fingerprint density at radius 1 is 1.75 bits per heavy atom. The molecule has 0 saturated carbocycles. The lowest BCUT2D eigenvalue weighted by atomic mass is 9.83. The summed E-state index contributed by atoms with van der Waals surface area (Å²) in [4.78, 5) is 12.0. The molecule has 1 rings (SSSR count). The molecule has 0 bridgehead atoms. The molecule has 0 aliphatic carbocycles. The topological polar surface area (TPSA) is 40.5 Å². The van der Waals surface area contributed by atoms with Crippen LogP contribution in [0.5, 0.6) is 0 Å². The third-order valence-corrected chi connectivity index (χ3v) is 2.32. The van der Waals surface area contributed by atoms with E-state index in [-0.39, 0.29) is 5.41 Å². The summed E-state index contributed by atoms with van der Waals surface area (Å²) in [5, 5.41) is 8.72. The van der Waals surface area contributed by atoms with Crippen LogP contribution in [0.3, 0.4) is 0 Å². The molecule has 0 aromatic rings. The molecule has 1 aliphatic heterocycles. The second-order valence-electron chi connectivity index (χ2n) is 3.51. The summed E-state index contributed by atoms with van der Waals surface area (Å²) in [6.45, 7) is 3.02. The third-order valence-electron chi connectivity index (χ3n) is 2.32. The average molecular weight is 167 g/mol. The Kier molecular flexibility index (Phi) is 2.27. The maximum Gasteiger partial charge on any atom is 0.407 e. The maximum absolute atomic E-state index is 10.6. The highest BCUT2D eigenvalue weighted by atomic mass is 16.4. The number of nitrogens with zero attached hydrogens (tertiary/aromatic N) is 1. The van der Waals surface area contributed by atoms with Crippen molar-refractivity contribution < 1.29 is 9.90 Å². The predicted molar refractivity (Wildman–Crippen MR) is 45.8 cm³/mol. The first kappa shape index (κ1) is 8.92. The van der Waals surface area contributed by atoms with Crippen molar-refractivity contribution in [2.45, 2.75) is 19.8 Å². The van der Waals surface area contributed by atoms with Crippen LogP contribution in [0, 0.1) is 17.8 Å². The summed E-state index contributed by atoms with van der Waals surface area (Å²) >= 11 is 0. The van der Waals surface area contributed by atoms with E-state index >= 15 is 0 Å². The smallest absolute Gasteiger partial charge is 0.407 e. The van der Waals surface area contributed by atoms with Crippen LogP contribution in [-0.2, 0) is 0 Å². The number of likely N-dealkylation sites (tertiary alicyclic amines) is 1. The van der Waals surface area contributed by atoms with Crippen LogP contribution in [0.15, 0.2) is 0 Å². The Balaban J connectivity index is 2.64. The van der Waals surface area contributed by atoms with E-state index in [9.17, 15) is 4.79 Å². The second kappa shape index (κ2) is 3.06. The molecular formula is C9H13NO2. The SMILES string of the molecule is C#CC1(C)CCCN(C(=O)O)C1. The van der Waals surface area contributed by atoms with Gasteiger partial charge in [-0.15, -0.1) is 6.42 Å². The van der Waals surface area contributed by atoms with Gasteiger partial charge in [0.05, 0.1) is 0 Å². The number of piperidine rings is 1. The fraction of sp³-hybridized carbons (Fsp3) is 0.667. The van der Waals surface area contributed by atoms with Crippen molar-refractivity contribution in [2.75, 3.05) is 13.1 Å². The van der Waals surface area contributed by atoms with Crippen LogP contribution in [0.25, 0.3) is 0 Å². The molecule has 1 atom stereocenters.